The van der Waals surface area contributed by atoms with Crippen LogP contribution in [0.4, 0.5) is 0 Å². The maximum Gasteiger partial charge on any atom is 0.315 e. The lowest BCUT2D eigenvalue weighted by atomic mass is 9.54. The minimum absolute atomic E-state index is 0.614. The number of hydrogen-bond acceptors (Lipinski definition) is 2. The van der Waals surface area contributed by atoms with Crippen LogP contribution >= 0.6 is 0 Å². The minimum Gasteiger partial charge on any atom is -0.481 e. The van der Waals surface area contributed by atoms with Gasteiger partial charge < -0.3 is 10.2 Å². The Balaban J connectivity index is 3.80. The number of carbonyl (C=O) groups is 2. The smallest absolute Gasteiger partial charge is 0.315 e. The normalized spacial score (nSPS) is 32.8. The highest BCUT2D eigenvalue weighted by Gasteiger charge is 2.60. The zero-order valence-corrected chi connectivity index (χ0v) is 11.7. The van der Waals surface area contributed by atoms with Gasteiger partial charge in [-0.1, -0.05) is 11.1 Å². The lowest BCUT2D eigenvalue weighted by Crippen LogP contribution is -2.52. The summed E-state index contributed by atoms with van der Waals surface area (Å²) >= 11 is 0. The molecule has 0 bridgehead atoms. The molecule has 0 fully saturated rings. The molecule has 4 heteroatoms. The van der Waals surface area contributed by atoms with Gasteiger partial charge in [0.25, 0.3) is 0 Å². The molecule has 2 atom stereocenters. The van der Waals surface area contributed by atoms with Crippen LogP contribution in [0.15, 0.2) is 22.3 Å². The third kappa shape index (κ3) is 1.38. The average molecular weight is 252 g/mol. The van der Waals surface area contributed by atoms with Crippen molar-refractivity contribution in [3.05, 3.63) is 22.3 Å². The highest BCUT2D eigenvalue weighted by molar-refractivity contribution is 5.92. The number of rotatable bonds is 2. The summed E-state index contributed by atoms with van der Waals surface area (Å²) in [6, 6.07) is 0. The Hall–Kier alpha value is -1.58. The first-order valence-corrected chi connectivity index (χ1v) is 5.86. The molecule has 1 aliphatic rings. The Kier molecular flexibility index (Phi) is 3.19. The molecule has 0 saturated carbocycles. The summed E-state index contributed by atoms with van der Waals surface area (Å²) in [6.45, 7) is 10.1. The number of carboxylic acid groups (broad SMARTS) is 2. The van der Waals surface area contributed by atoms with E-state index in [4.69, 9.17) is 0 Å². The van der Waals surface area contributed by atoms with Crippen LogP contribution in [0.3, 0.4) is 0 Å². The minimum atomic E-state index is -1.42. The van der Waals surface area contributed by atoms with Crippen molar-refractivity contribution in [3.63, 3.8) is 0 Å². The van der Waals surface area contributed by atoms with Crippen LogP contribution in [0.5, 0.6) is 0 Å². The molecule has 1 rings (SSSR count). The van der Waals surface area contributed by atoms with E-state index in [9.17, 15) is 19.8 Å². The summed E-state index contributed by atoms with van der Waals surface area (Å²) in [4.78, 5) is 23.4. The summed E-state index contributed by atoms with van der Waals surface area (Å²) in [5, 5.41) is 19.1. The van der Waals surface area contributed by atoms with Crippen molar-refractivity contribution in [1.82, 2.24) is 0 Å². The van der Waals surface area contributed by atoms with E-state index in [1.807, 2.05) is 13.8 Å². The van der Waals surface area contributed by atoms with E-state index in [-0.39, 0.29) is 0 Å². The summed E-state index contributed by atoms with van der Waals surface area (Å²) in [5.41, 5.74) is 0.122. The lowest BCUT2D eigenvalue weighted by molar-refractivity contribution is -0.164. The summed E-state index contributed by atoms with van der Waals surface area (Å²) in [6.07, 6.45) is 0. The van der Waals surface area contributed by atoms with Crippen molar-refractivity contribution in [2.75, 3.05) is 0 Å². The molecule has 0 heterocycles. The Morgan fingerprint density at radius 3 is 1.17 bits per heavy atom. The first-order chi connectivity index (χ1) is 8.02. The van der Waals surface area contributed by atoms with Gasteiger partial charge in [-0.05, 0) is 52.7 Å². The molecule has 2 N–H and O–H groups in total. The van der Waals surface area contributed by atoms with Crippen molar-refractivity contribution < 1.29 is 19.8 Å². The van der Waals surface area contributed by atoms with E-state index in [0.717, 1.165) is 11.1 Å². The van der Waals surface area contributed by atoms with Crippen LogP contribution in [0.25, 0.3) is 0 Å². The van der Waals surface area contributed by atoms with Gasteiger partial charge in [0.05, 0.1) is 0 Å². The Labute approximate surface area is 107 Å². The first kappa shape index (κ1) is 14.5. The molecule has 0 radical (unpaired) electrons. The molecular formula is C14H20O4. The van der Waals surface area contributed by atoms with E-state index >= 15 is 0 Å². The average Bonchev–Trinajstić information content (AvgIpc) is 2.30. The molecule has 0 aromatic rings. The van der Waals surface area contributed by atoms with E-state index in [2.05, 4.69) is 0 Å². The van der Waals surface area contributed by atoms with Crippen molar-refractivity contribution in [1.29, 1.82) is 0 Å². The Morgan fingerprint density at radius 2 is 1.00 bits per heavy atom. The quantitative estimate of drug-likeness (QED) is 0.792. The van der Waals surface area contributed by atoms with Gasteiger partial charge in [0.1, 0.15) is 10.8 Å². The third-order valence-corrected chi connectivity index (χ3v) is 5.04. The fourth-order valence-electron chi connectivity index (χ4n) is 2.81. The molecular weight excluding hydrogens is 232 g/mol. The van der Waals surface area contributed by atoms with Gasteiger partial charge in [0, 0.05) is 0 Å². The second-order valence-corrected chi connectivity index (χ2v) is 5.36. The number of hydrogen-bond donors (Lipinski definition) is 2. The van der Waals surface area contributed by atoms with Crippen molar-refractivity contribution in [2.24, 2.45) is 10.8 Å². The lowest BCUT2D eigenvalue weighted by Gasteiger charge is -2.46. The third-order valence-electron chi connectivity index (χ3n) is 5.04. The van der Waals surface area contributed by atoms with Crippen molar-refractivity contribution in [2.45, 2.75) is 41.5 Å². The maximum absolute atomic E-state index is 11.7. The highest BCUT2D eigenvalue weighted by Crippen LogP contribution is 2.55. The van der Waals surface area contributed by atoms with Gasteiger partial charge in [-0.3, -0.25) is 9.59 Å². The molecule has 0 aromatic carbocycles. The van der Waals surface area contributed by atoms with E-state index < -0.39 is 22.8 Å². The van der Waals surface area contributed by atoms with E-state index in [0.29, 0.717) is 11.1 Å². The van der Waals surface area contributed by atoms with Crippen molar-refractivity contribution in [3.8, 4) is 0 Å². The van der Waals surface area contributed by atoms with Crippen LogP contribution in [-0.4, -0.2) is 22.2 Å². The Morgan fingerprint density at radius 1 is 0.778 bits per heavy atom. The molecule has 4 nitrogen and oxygen atoms in total. The van der Waals surface area contributed by atoms with Crippen LogP contribution in [0.1, 0.15) is 41.5 Å². The zero-order valence-electron chi connectivity index (χ0n) is 11.7. The van der Waals surface area contributed by atoms with Gasteiger partial charge >= 0.3 is 11.9 Å². The number of allylic oxidation sites excluding steroid dienone is 2. The fourth-order valence-corrected chi connectivity index (χ4v) is 2.81. The zero-order chi connectivity index (χ0) is 14.5. The summed E-state index contributed by atoms with van der Waals surface area (Å²) < 4.78 is 0. The first-order valence-electron chi connectivity index (χ1n) is 5.86. The molecule has 0 saturated heterocycles. The molecule has 100 valence electrons. The second-order valence-electron chi connectivity index (χ2n) is 5.36. The standard InChI is InChI=1S/C14H20O4/c1-7-8(2)10(4)14(6,12(17)18)13(5,9(7)3)11(15)16/h1-6H3,(H,15,16)(H,17,18). The maximum atomic E-state index is 11.7. The van der Waals surface area contributed by atoms with Crippen LogP contribution < -0.4 is 0 Å². The SMILES string of the molecule is CC1=C(C)C(C)(C(=O)O)C(C)(C(=O)O)C(C)=C1C. The van der Waals surface area contributed by atoms with Gasteiger partial charge in [-0.2, -0.15) is 0 Å². The Bertz CT molecular complexity index is 452. The molecule has 0 aromatic heterocycles. The summed E-state index contributed by atoms with van der Waals surface area (Å²) in [5.74, 6) is -2.20. The fraction of sp³-hybridized carbons (Fsp3) is 0.571. The van der Waals surface area contributed by atoms with E-state index in [1.54, 1.807) is 13.8 Å². The predicted molar refractivity (Wildman–Crippen MR) is 68.2 cm³/mol. The van der Waals surface area contributed by atoms with Gasteiger partial charge in [-0.25, -0.2) is 0 Å². The molecule has 0 amide bonds. The molecule has 0 spiro atoms. The summed E-state index contributed by atoms with van der Waals surface area (Å²) in [7, 11) is 0. The second kappa shape index (κ2) is 3.97. The largest absolute Gasteiger partial charge is 0.481 e. The van der Waals surface area contributed by atoms with Crippen LogP contribution in [0.2, 0.25) is 0 Å². The predicted octanol–water partition coefficient (Wildman–Crippen LogP) is 2.85. The van der Waals surface area contributed by atoms with Crippen LogP contribution in [-0.2, 0) is 9.59 Å². The molecule has 2 unspecified atom stereocenters. The number of aliphatic carboxylic acids is 2. The molecule has 1 aliphatic carbocycles. The van der Waals surface area contributed by atoms with Crippen LogP contribution in [0, 0.1) is 10.8 Å². The monoisotopic (exact) mass is 252 g/mol. The van der Waals surface area contributed by atoms with Crippen molar-refractivity contribution >= 4 is 11.9 Å². The van der Waals surface area contributed by atoms with Gasteiger partial charge in [0.2, 0.25) is 0 Å². The molecule has 0 aliphatic heterocycles. The highest BCUT2D eigenvalue weighted by atomic mass is 16.4. The number of carboxylic acids is 2. The van der Waals surface area contributed by atoms with Gasteiger partial charge in [0.15, 0.2) is 0 Å². The van der Waals surface area contributed by atoms with E-state index in [1.165, 1.54) is 13.8 Å². The van der Waals surface area contributed by atoms with Gasteiger partial charge in [-0.15, -0.1) is 0 Å². The molecule has 18 heavy (non-hydrogen) atoms. The topological polar surface area (TPSA) is 74.6 Å².